The van der Waals surface area contributed by atoms with E-state index in [2.05, 4.69) is 17.0 Å². The highest BCUT2D eigenvalue weighted by Crippen LogP contribution is 2.13. The average Bonchev–Trinajstić information content (AvgIpc) is 2.64. The van der Waals surface area contributed by atoms with Crippen LogP contribution in [0.3, 0.4) is 0 Å². The zero-order valence-corrected chi connectivity index (χ0v) is 17.5. The Morgan fingerprint density at radius 1 is 0.654 bits per heavy atom. The first-order valence-electron chi connectivity index (χ1n) is 11.0. The van der Waals surface area contributed by atoms with Crippen molar-refractivity contribution in [2.24, 2.45) is 0 Å². The summed E-state index contributed by atoms with van der Waals surface area (Å²) in [6.45, 7) is 2.93. The van der Waals surface area contributed by atoms with Crippen molar-refractivity contribution in [1.82, 2.24) is 5.32 Å². The SMILES string of the molecule is CCCCCCCCCCCCCCCCCCNC(=O)CC(=O)OC. The number of ether oxygens (including phenoxy) is 1. The van der Waals surface area contributed by atoms with Gasteiger partial charge >= 0.3 is 5.97 Å². The van der Waals surface area contributed by atoms with E-state index >= 15 is 0 Å². The third-order valence-corrected chi connectivity index (χ3v) is 4.89. The highest BCUT2D eigenvalue weighted by atomic mass is 16.5. The second kappa shape index (κ2) is 20.3. The Kier molecular flexibility index (Phi) is 19.4. The molecule has 0 saturated heterocycles. The predicted octanol–water partition coefficient (Wildman–Crippen LogP) is 5.93. The molecule has 0 heterocycles. The number of hydrogen-bond donors (Lipinski definition) is 1. The van der Waals surface area contributed by atoms with E-state index in [1.165, 1.54) is 97.0 Å². The molecule has 1 N–H and O–H groups in total. The first-order valence-corrected chi connectivity index (χ1v) is 11.0. The van der Waals surface area contributed by atoms with Crippen LogP contribution in [-0.2, 0) is 14.3 Å². The number of amides is 1. The van der Waals surface area contributed by atoms with Gasteiger partial charge in [-0.2, -0.15) is 0 Å². The molecule has 0 aromatic heterocycles. The van der Waals surface area contributed by atoms with Crippen molar-refractivity contribution in [2.75, 3.05) is 13.7 Å². The Morgan fingerprint density at radius 3 is 1.42 bits per heavy atom. The van der Waals surface area contributed by atoms with Crippen LogP contribution in [0.2, 0.25) is 0 Å². The average molecular weight is 370 g/mol. The second-order valence-corrected chi connectivity index (χ2v) is 7.41. The van der Waals surface area contributed by atoms with Gasteiger partial charge in [0.05, 0.1) is 7.11 Å². The molecule has 0 saturated carbocycles. The van der Waals surface area contributed by atoms with Crippen LogP contribution in [-0.4, -0.2) is 25.5 Å². The third kappa shape index (κ3) is 19.3. The van der Waals surface area contributed by atoms with Crippen LogP contribution in [0.4, 0.5) is 0 Å². The van der Waals surface area contributed by atoms with Crippen LogP contribution in [0.25, 0.3) is 0 Å². The van der Waals surface area contributed by atoms with E-state index in [0.29, 0.717) is 6.54 Å². The molecule has 4 heteroatoms. The molecule has 154 valence electrons. The smallest absolute Gasteiger partial charge is 0.315 e. The summed E-state index contributed by atoms with van der Waals surface area (Å²) in [5.74, 6) is -0.715. The van der Waals surface area contributed by atoms with Gasteiger partial charge in [-0.1, -0.05) is 103 Å². The molecule has 0 rings (SSSR count). The van der Waals surface area contributed by atoms with Gasteiger partial charge in [0.1, 0.15) is 6.42 Å². The normalized spacial score (nSPS) is 10.7. The van der Waals surface area contributed by atoms with Crippen molar-refractivity contribution in [3.63, 3.8) is 0 Å². The van der Waals surface area contributed by atoms with Crippen molar-refractivity contribution < 1.29 is 14.3 Å². The lowest BCUT2D eigenvalue weighted by Crippen LogP contribution is -2.27. The van der Waals surface area contributed by atoms with Gasteiger partial charge in [-0.05, 0) is 6.42 Å². The van der Waals surface area contributed by atoms with Crippen LogP contribution >= 0.6 is 0 Å². The van der Waals surface area contributed by atoms with Crippen molar-refractivity contribution >= 4 is 11.9 Å². The first kappa shape index (κ1) is 24.9. The minimum Gasteiger partial charge on any atom is -0.469 e. The van der Waals surface area contributed by atoms with E-state index in [0.717, 1.165) is 12.8 Å². The molecule has 0 aromatic carbocycles. The zero-order valence-electron chi connectivity index (χ0n) is 17.5. The van der Waals surface area contributed by atoms with E-state index in [1.54, 1.807) is 0 Å². The molecule has 0 fully saturated rings. The Bertz CT molecular complexity index is 331. The molecular weight excluding hydrogens is 326 g/mol. The maximum atomic E-state index is 11.4. The fourth-order valence-corrected chi connectivity index (χ4v) is 3.17. The number of carbonyl (C=O) groups excluding carboxylic acids is 2. The quantitative estimate of drug-likeness (QED) is 0.174. The minimum absolute atomic E-state index is 0.171. The van der Waals surface area contributed by atoms with Gasteiger partial charge in [0.2, 0.25) is 5.91 Å². The lowest BCUT2D eigenvalue weighted by Gasteiger charge is -2.05. The summed E-state index contributed by atoms with van der Waals surface area (Å²) in [5.41, 5.74) is 0. The molecule has 1 amide bonds. The number of hydrogen-bond acceptors (Lipinski definition) is 3. The molecule has 26 heavy (non-hydrogen) atoms. The fourth-order valence-electron chi connectivity index (χ4n) is 3.17. The lowest BCUT2D eigenvalue weighted by molar-refractivity contribution is -0.143. The standard InChI is InChI=1S/C22H43NO3/c1-3-4-5-6-7-8-9-10-11-12-13-14-15-16-17-18-19-23-21(24)20-22(25)26-2/h3-20H2,1-2H3,(H,23,24). The summed E-state index contributed by atoms with van der Waals surface area (Å²) < 4.78 is 4.46. The molecule has 0 aromatic rings. The van der Waals surface area contributed by atoms with Gasteiger partial charge in [0.15, 0.2) is 0 Å². The molecule has 0 aliphatic heterocycles. The molecule has 0 aliphatic carbocycles. The number of unbranched alkanes of at least 4 members (excludes halogenated alkanes) is 15. The lowest BCUT2D eigenvalue weighted by atomic mass is 10.0. The molecule has 0 atom stereocenters. The Labute approximate surface area is 161 Å². The molecule has 0 spiro atoms. The molecule has 0 unspecified atom stereocenters. The van der Waals surface area contributed by atoms with Crippen LogP contribution < -0.4 is 5.32 Å². The number of carbonyl (C=O) groups is 2. The molecule has 4 nitrogen and oxygen atoms in total. The van der Waals surface area contributed by atoms with Crippen LogP contribution in [0, 0.1) is 0 Å². The van der Waals surface area contributed by atoms with Gasteiger partial charge in [-0.15, -0.1) is 0 Å². The van der Waals surface area contributed by atoms with Gasteiger partial charge in [-0.3, -0.25) is 9.59 Å². The van der Waals surface area contributed by atoms with E-state index < -0.39 is 5.97 Å². The number of methoxy groups -OCH3 is 1. The summed E-state index contributed by atoms with van der Waals surface area (Å²) in [6, 6.07) is 0. The summed E-state index contributed by atoms with van der Waals surface area (Å²) in [7, 11) is 1.30. The third-order valence-electron chi connectivity index (χ3n) is 4.89. The molecule has 0 bridgehead atoms. The number of nitrogens with one attached hydrogen (secondary N) is 1. The molecule has 0 aliphatic rings. The summed E-state index contributed by atoms with van der Waals surface area (Å²) in [6.07, 6.45) is 21.3. The topological polar surface area (TPSA) is 55.4 Å². The Morgan fingerprint density at radius 2 is 1.04 bits per heavy atom. The Hall–Kier alpha value is -1.06. The highest BCUT2D eigenvalue weighted by Gasteiger charge is 2.07. The van der Waals surface area contributed by atoms with Crippen LogP contribution in [0.1, 0.15) is 116 Å². The van der Waals surface area contributed by atoms with Crippen molar-refractivity contribution in [3.05, 3.63) is 0 Å². The van der Waals surface area contributed by atoms with E-state index in [1.807, 2.05) is 0 Å². The van der Waals surface area contributed by atoms with Gasteiger partial charge < -0.3 is 10.1 Å². The number of esters is 1. The minimum atomic E-state index is -0.477. The van der Waals surface area contributed by atoms with E-state index in [-0.39, 0.29) is 12.3 Å². The summed E-state index contributed by atoms with van der Waals surface area (Å²) in [4.78, 5) is 22.3. The second-order valence-electron chi connectivity index (χ2n) is 7.41. The fraction of sp³-hybridized carbons (Fsp3) is 0.909. The summed E-state index contributed by atoms with van der Waals surface area (Å²) in [5, 5.41) is 2.76. The van der Waals surface area contributed by atoms with Crippen molar-refractivity contribution in [3.8, 4) is 0 Å². The Balaban J connectivity index is 3.11. The highest BCUT2D eigenvalue weighted by molar-refractivity contribution is 5.94. The van der Waals surface area contributed by atoms with Gasteiger partial charge in [-0.25, -0.2) is 0 Å². The maximum Gasteiger partial charge on any atom is 0.315 e. The van der Waals surface area contributed by atoms with E-state index in [4.69, 9.17) is 0 Å². The van der Waals surface area contributed by atoms with Crippen LogP contribution in [0.5, 0.6) is 0 Å². The summed E-state index contributed by atoms with van der Waals surface area (Å²) >= 11 is 0. The van der Waals surface area contributed by atoms with Crippen molar-refractivity contribution in [1.29, 1.82) is 0 Å². The first-order chi connectivity index (χ1) is 12.7. The molecule has 0 radical (unpaired) electrons. The monoisotopic (exact) mass is 369 g/mol. The molecular formula is C22H43NO3. The van der Waals surface area contributed by atoms with Gasteiger partial charge in [0, 0.05) is 6.54 Å². The van der Waals surface area contributed by atoms with Crippen molar-refractivity contribution in [2.45, 2.75) is 116 Å². The van der Waals surface area contributed by atoms with Gasteiger partial charge in [0.25, 0.3) is 0 Å². The van der Waals surface area contributed by atoms with E-state index in [9.17, 15) is 9.59 Å². The van der Waals surface area contributed by atoms with Crippen LogP contribution in [0.15, 0.2) is 0 Å². The maximum absolute atomic E-state index is 11.4. The predicted molar refractivity (Wildman–Crippen MR) is 109 cm³/mol. The zero-order chi connectivity index (χ0) is 19.3. The number of rotatable bonds is 19. The largest absolute Gasteiger partial charge is 0.469 e.